The fourth-order valence-electron chi connectivity index (χ4n) is 2.46. The summed E-state index contributed by atoms with van der Waals surface area (Å²) in [6.07, 6.45) is 0. The average molecular weight is 288 g/mol. The summed E-state index contributed by atoms with van der Waals surface area (Å²) in [5, 5.41) is 19.7. The Balaban J connectivity index is 3.67. The van der Waals surface area contributed by atoms with Crippen molar-refractivity contribution in [3.63, 3.8) is 0 Å². The van der Waals surface area contributed by atoms with E-state index in [2.05, 4.69) is 0 Å². The molecule has 4 heteroatoms. The van der Waals surface area contributed by atoms with Crippen LogP contribution in [0.5, 0.6) is 0 Å². The number of allylic oxidation sites excluding steroid dienone is 4. The van der Waals surface area contributed by atoms with E-state index < -0.39 is 5.92 Å². The van der Waals surface area contributed by atoms with Crippen LogP contribution in [0, 0.1) is 0 Å². The third kappa shape index (κ3) is 3.81. The van der Waals surface area contributed by atoms with Crippen LogP contribution in [0.4, 0.5) is 0 Å². The Morgan fingerprint density at radius 3 is 1.48 bits per heavy atom. The standard InChI is InChI=1S/C17H20O4/c1-10(18)15(11(2)19)17(14-8-6-5-7-9-14)16(12(3)20)13(4)21/h5-9,17-18,20H,1-4H3/b15-10+,16-12+. The number of aliphatic hydroxyl groups excluding tert-OH is 2. The van der Waals surface area contributed by atoms with Crippen molar-refractivity contribution in [2.24, 2.45) is 0 Å². The molecule has 21 heavy (non-hydrogen) atoms. The molecule has 0 bridgehead atoms. The third-order valence-electron chi connectivity index (χ3n) is 3.25. The summed E-state index contributed by atoms with van der Waals surface area (Å²) in [5.41, 5.74) is 0.884. The number of carbonyl (C=O) groups is 2. The molecule has 0 saturated carbocycles. The highest BCUT2D eigenvalue weighted by atomic mass is 16.3. The molecule has 1 rings (SSSR count). The minimum atomic E-state index is -0.781. The fraction of sp³-hybridized carbons (Fsp3) is 0.294. The van der Waals surface area contributed by atoms with E-state index in [1.165, 1.54) is 27.7 Å². The van der Waals surface area contributed by atoms with Crippen LogP contribution in [0.1, 0.15) is 39.2 Å². The highest BCUT2D eigenvalue weighted by Crippen LogP contribution is 2.35. The largest absolute Gasteiger partial charge is 0.512 e. The van der Waals surface area contributed by atoms with Gasteiger partial charge in [0.15, 0.2) is 11.6 Å². The first-order valence-electron chi connectivity index (χ1n) is 6.63. The summed E-state index contributed by atoms with van der Waals surface area (Å²) < 4.78 is 0. The maximum atomic E-state index is 11.9. The second-order valence-corrected chi connectivity index (χ2v) is 4.95. The van der Waals surface area contributed by atoms with E-state index in [-0.39, 0.29) is 34.2 Å². The first-order chi connectivity index (χ1) is 9.77. The van der Waals surface area contributed by atoms with E-state index in [1.807, 2.05) is 6.07 Å². The van der Waals surface area contributed by atoms with Crippen molar-refractivity contribution in [1.29, 1.82) is 0 Å². The molecule has 0 saturated heterocycles. The summed E-state index contributed by atoms with van der Waals surface area (Å²) >= 11 is 0. The molecule has 0 aliphatic rings. The molecule has 0 radical (unpaired) electrons. The van der Waals surface area contributed by atoms with Gasteiger partial charge in [0.05, 0.1) is 11.5 Å². The Morgan fingerprint density at radius 2 is 1.19 bits per heavy atom. The van der Waals surface area contributed by atoms with Crippen LogP contribution in [0.15, 0.2) is 53.0 Å². The number of rotatable bonds is 5. The van der Waals surface area contributed by atoms with Gasteiger partial charge >= 0.3 is 0 Å². The number of carbonyl (C=O) groups excluding carboxylic acids is 2. The molecule has 1 aromatic rings. The van der Waals surface area contributed by atoms with Gasteiger partial charge in [0, 0.05) is 17.1 Å². The van der Waals surface area contributed by atoms with Crippen molar-refractivity contribution in [3.8, 4) is 0 Å². The normalized spacial score (nSPS) is 14.9. The number of hydrogen-bond acceptors (Lipinski definition) is 4. The third-order valence-corrected chi connectivity index (χ3v) is 3.25. The van der Waals surface area contributed by atoms with Crippen LogP contribution in [0.3, 0.4) is 0 Å². The lowest BCUT2D eigenvalue weighted by Gasteiger charge is -2.22. The summed E-state index contributed by atoms with van der Waals surface area (Å²) in [4.78, 5) is 23.8. The molecule has 4 nitrogen and oxygen atoms in total. The zero-order valence-corrected chi connectivity index (χ0v) is 12.7. The molecule has 1 aromatic carbocycles. The van der Waals surface area contributed by atoms with Crippen LogP contribution in [-0.2, 0) is 9.59 Å². The van der Waals surface area contributed by atoms with Gasteiger partial charge in [-0.15, -0.1) is 0 Å². The van der Waals surface area contributed by atoms with Crippen LogP contribution < -0.4 is 0 Å². The Labute approximate surface area is 124 Å². The first kappa shape index (κ1) is 16.7. The SMILES string of the molecule is CC(=O)/C(=C(/C)O)C(/C(C(C)=O)=C(\C)O)c1ccccc1. The highest BCUT2D eigenvalue weighted by Gasteiger charge is 2.30. The van der Waals surface area contributed by atoms with Crippen LogP contribution in [0.2, 0.25) is 0 Å². The molecule has 0 spiro atoms. The minimum Gasteiger partial charge on any atom is -0.512 e. The van der Waals surface area contributed by atoms with Crippen molar-refractivity contribution in [1.82, 2.24) is 0 Å². The molecule has 0 fully saturated rings. The highest BCUT2D eigenvalue weighted by molar-refractivity contribution is 6.02. The molecule has 2 N–H and O–H groups in total. The van der Waals surface area contributed by atoms with E-state index in [9.17, 15) is 19.8 Å². The quantitative estimate of drug-likeness (QED) is 0.641. The van der Waals surface area contributed by atoms with Gasteiger partial charge in [-0.2, -0.15) is 0 Å². The molecule has 0 atom stereocenters. The topological polar surface area (TPSA) is 74.6 Å². The van der Waals surface area contributed by atoms with E-state index in [0.717, 1.165) is 0 Å². The number of Topliss-reactive ketones (excluding diaryl/α,β-unsaturated/α-hetero) is 2. The van der Waals surface area contributed by atoms with E-state index in [0.29, 0.717) is 5.56 Å². The second kappa shape index (κ2) is 6.88. The molecular weight excluding hydrogens is 268 g/mol. The number of hydrogen-bond donors (Lipinski definition) is 2. The summed E-state index contributed by atoms with van der Waals surface area (Å²) in [7, 11) is 0. The predicted molar refractivity (Wildman–Crippen MR) is 81.2 cm³/mol. The smallest absolute Gasteiger partial charge is 0.160 e. The maximum Gasteiger partial charge on any atom is 0.160 e. The van der Waals surface area contributed by atoms with Crippen LogP contribution in [0.25, 0.3) is 0 Å². The molecule has 0 aromatic heterocycles. The van der Waals surface area contributed by atoms with Crippen molar-refractivity contribution < 1.29 is 19.8 Å². The van der Waals surface area contributed by atoms with Crippen LogP contribution in [-0.4, -0.2) is 21.8 Å². The second-order valence-electron chi connectivity index (χ2n) is 4.95. The van der Waals surface area contributed by atoms with Gasteiger partial charge in [0.25, 0.3) is 0 Å². The van der Waals surface area contributed by atoms with E-state index in [4.69, 9.17) is 0 Å². The Hall–Kier alpha value is -2.36. The summed E-state index contributed by atoms with van der Waals surface area (Å²) in [6.45, 7) is 5.46. The van der Waals surface area contributed by atoms with Crippen molar-refractivity contribution in [2.75, 3.05) is 0 Å². The molecule has 0 aliphatic heterocycles. The van der Waals surface area contributed by atoms with E-state index in [1.54, 1.807) is 24.3 Å². The van der Waals surface area contributed by atoms with Crippen molar-refractivity contribution in [3.05, 3.63) is 58.6 Å². The number of benzene rings is 1. The maximum absolute atomic E-state index is 11.9. The molecule has 112 valence electrons. The van der Waals surface area contributed by atoms with Gasteiger partial charge in [-0.05, 0) is 33.3 Å². The molecule has 0 amide bonds. The Kier molecular flexibility index (Phi) is 5.47. The zero-order chi connectivity index (χ0) is 16.2. The van der Waals surface area contributed by atoms with Crippen molar-refractivity contribution in [2.45, 2.75) is 33.6 Å². The van der Waals surface area contributed by atoms with Gasteiger partial charge in [0.1, 0.15) is 0 Å². The molecule has 0 aliphatic carbocycles. The Bertz CT molecular complexity index is 565. The summed E-state index contributed by atoms with van der Waals surface area (Å²) in [5.74, 6) is -1.78. The van der Waals surface area contributed by atoms with Gasteiger partial charge in [0.2, 0.25) is 0 Å². The van der Waals surface area contributed by atoms with Gasteiger partial charge in [-0.1, -0.05) is 30.3 Å². The van der Waals surface area contributed by atoms with Gasteiger partial charge in [-0.25, -0.2) is 0 Å². The monoisotopic (exact) mass is 288 g/mol. The summed E-state index contributed by atoms with van der Waals surface area (Å²) in [6, 6.07) is 8.87. The first-order valence-corrected chi connectivity index (χ1v) is 6.63. The minimum absolute atomic E-state index is 0.111. The fourth-order valence-corrected chi connectivity index (χ4v) is 2.46. The lowest BCUT2D eigenvalue weighted by Crippen LogP contribution is -2.19. The molecular formula is C17H20O4. The lowest BCUT2D eigenvalue weighted by molar-refractivity contribution is -0.114. The van der Waals surface area contributed by atoms with Gasteiger partial charge in [-0.3, -0.25) is 9.59 Å². The van der Waals surface area contributed by atoms with E-state index >= 15 is 0 Å². The van der Waals surface area contributed by atoms with Crippen LogP contribution >= 0.6 is 0 Å². The zero-order valence-electron chi connectivity index (χ0n) is 12.7. The molecule has 0 unspecified atom stereocenters. The Morgan fingerprint density at radius 1 is 0.810 bits per heavy atom. The molecule has 0 heterocycles. The van der Waals surface area contributed by atoms with Crippen molar-refractivity contribution >= 4 is 11.6 Å². The number of ketones is 2. The number of aliphatic hydroxyl groups is 2. The van der Waals surface area contributed by atoms with Gasteiger partial charge < -0.3 is 10.2 Å². The lowest BCUT2D eigenvalue weighted by atomic mass is 9.80. The predicted octanol–water partition coefficient (Wildman–Crippen LogP) is 3.61. The average Bonchev–Trinajstić information content (AvgIpc) is 2.37.